The van der Waals surface area contributed by atoms with Crippen LogP contribution in [0.25, 0.3) is 0 Å². The zero-order chi connectivity index (χ0) is 17.9. The molecule has 134 valence electrons. The Kier molecular flexibility index (Phi) is 7.99. The van der Waals surface area contributed by atoms with Crippen molar-refractivity contribution >= 4 is 6.03 Å². The molecule has 0 bridgehead atoms. The van der Waals surface area contributed by atoms with Crippen molar-refractivity contribution in [3.8, 4) is 0 Å². The maximum absolute atomic E-state index is 11.9. The van der Waals surface area contributed by atoms with Gasteiger partial charge in [-0.1, -0.05) is 68.4 Å². The Hall–Kier alpha value is -2.33. The first-order valence-electron chi connectivity index (χ1n) is 9.07. The van der Waals surface area contributed by atoms with E-state index in [1.54, 1.807) is 0 Å². The fourth-order valence-corrected chi connectivity index (χ4v) is 2.68. The molecule has 0 aliphatic heterocycles. The van der Waals surface area contributed by atoms with Crippen LogP contribution in [0.2, 0.25) is 0 Å². The highest BCUT2D eigenvalue weighted by Gasteiger charge is 2.03. The number of nitrogens with one attached hydrogen (secondary N) is 2. The molecule has 0 aromatic heterocycles. The van der Waals surface area contributed by atoms with Gasteiger partial charge in [0.2, 0.25) is 0 Å². The van der Waals surface area contributed by atoms with Crippen LogP contribution in [0.3, 0.4) is 0 Å². The van der Waals surface area contributed by atoms with E-state index >= 15 is 0 Å². The van der Waals surface area contributed by atoms with Crippen LogP contribution in [-0.2, 0) is 19.5 Å². The molecule has 0 atom stereocenters. The van der Waals surface area contributed by atoms with Gasteiger partial charge in [0.1, 0.15) is 0 Å². The maximum atomic E-state index is 11.9. The van der Waals surface area contributed by atoms with Crippen molar-refractivity contribution < 1.29 is 4.79 Å². The van der Waals surface area contributed by atoms with Gasteiger partial charge in [0.25, 0.3) is 0 Å². The molecule has 2 rings (SSSR count). The van der Waals surface area contributed by atoms with E-state index in [9.17, 15) is 4.79 Å². The molecule has 0 heterocycles. The van der Waals surface area contributed by atoms with Gasteiger partial charge in [-0.05, 0) is 36.2 Å². The van der Waals surface area contributed by atoms with Crippen molar-refractivity contribution in [3.05, 3.63) is 71.3 Å². The number of nitrogens with zero attached hydrogens (tertiary/aromatic N) is 1. The molecule has 0 unspecified atom stereocenters. The predicted octanol–water partition coefficient (Wildman–Crippen LogP) is 3.57. The van der Waals surface area contributed by atoms with Crippen molar-refractivity contribution in [1.29, 1.82) is 0 Å². The molecule has 0 saturated carbocycles. The minimum atomic E-state index is -0.122. The van der Waals surface area contributed by atoms with Crippen LogP contribution in [0.1, 0.15) is 30.5 Å². The third-order valence-corrected chi connectivity index (χ3v) is 4.32. The second kappa shape index (κ2) is 10.5. The molecule has 2 amide bonds. The van der Waals surface area contributed by atoms with Gasteiger partial charge in [-0.2, -0.15) is 0 Å². The molecule has 2 N–H and O–H groups in total. The van der Waals surface area contributed by atoms with Crippen LogP contribution in [-0.4, -0.2) is 30.6 Å². The van der Waals surface area contributed by atoms with Crippen LogP contribution in [0.4, 0.5) is 4.79 Å². The van der Waals surface area contributed by atoms with E-state index in [1.807, 2.05) is 18.2 Å². The number of rotatable bonds is 9. The number of benzene rings is 2. The molecular weight excluding hydrogens is 310 g/mol. The average Bonchev–Trinajstić information content (AvgIpc) is 2.66. The van der Waals surface area contributed by atoms with Gasteiger partial charge < -0.3 is 10.6 Å². The van der Waals surface area contributed by atoms with Crippen molar-refractivity contribution in [2.24, 2.45) is 0 Å². The third kappa shape index (κ3) is 6.98. The normalized spacial score (nSPS) is 10.7. The molecule has 0 aliphatic carbocycles. The Bertz CT molecular complexity index is 621. The summed E-state index contributed by atoms with van der Waals surface area (Å²) in [6.45, 7) is 8.63. The molecular formula is C21H29N3O. The minimum Gasteiger partial charge on any atom is -0.338 e. The van der Waals surface area contributed by atoms with E-state index in [0.717, 1.165) is 31.6 Å². The summed E-state index contributed by atoms with van der Waals surface area (Å²) in [4.78, 5) is 14.3. The topological polar surface area (TPSA) is 44.4 Å². The first-order chi connectivity index (χ1) is 12.2. The van der Waals surface area contributed by atoms with Crippen molar-refractivity contribution in [3.63, 3.8) is 0 Å². The van der Waals surface area contributed by atoms with Crippen LogP contribution in [0, 0.1) is 0 Å². The highest BCUT2D eigenvalue weighted by Crippen LogP contribution is 2.07. The first-order valence-corrected chi connectivity index (χ1v) is 9.07. The van der Waals surface area contributed by atoms with Gasteiger partial charge in [0.15, 0.2) is 0 Å². The highest BCUT2D eigenvalue weighted by atomic mass is 16.2. The lowest BCUT2D eigenvalue weighted by Gasteiger charge is -2.18. The summed E-state index contributed by atoms with van der Waals surface area (Å²) in [5.74, 6) is 0. The molecule has 2 aromatic rings. The fourth-order valence-electron chi connectivity index (χ4n) is 2.68. The second-order valence-corrected chi connectivity index (χ2v) is 6.12. The number of amides is 2. The number of hydrogen-bond donors (Lipinski definition) is 2. The zero-order valence-corrected chi connectivity index (χ0v) is 15.3. The number of carbonyl (C=O) groups excluding carboxylic acids is 1. The molecule has 25 heavy (non-hydrogen) atoms. The van der Waals surface area contributed by atoms with E-state index < -0.39 is 0 Å². The highest BCUT2D eigenvalue weighted by molar-refractivity contribution is 5.73. The second-order valence-electron chi connectivity index (χ2n) is 6.12. The molecule has 0 saturated heterocycles. The summed E-state index contributed by atoms with van der Waals surface area (Å²) in [7, 11) is 0. The number of carbonyl (C=O) groups is 1. The van der Waals surface area contributed by atoms with Crippen LogP contribution >= 0.6 is 0 Å². The monoisotopic (exact) mass is 339 g/mol. The summed E-state index contributed by atoms with van der Waals surface area (Å²) in [6, 6.07) is 18.5. The Balaban J connectivity index is 1.69. The fraction of sp³-hybridized carbons (Fsp3) is 0.381. The quantitative estimate of drug-likeness (QED) is 0.733. The summed E-state index contributed by atoms with van der Waals surface area (Å²) in [5.41, 5.74) is 3.65. The predicted molar refractivity (Wildman–Crippen MR) is 103 cm³/mol. The van der Waals surface area contributed by atoms with E-state index in [-0.39, 0.29) is 6.03 Å². The van der Waals surface area contributed by atoms with Gasteiger partial charge in [0.05, 0.1) is 0 Å². The van der Waals surface area contributed by atoms with Gasteiger partial charge in [-0.3, -0.25) is 4.90 Å². The van der Waals surface area contributed by atoms with Crippen molar-refractivity contribution in [2.45, 2.75) is 33.4 Å². The zero-order valence-electron chi connectivity index (χ0n) is 15.3. The molecule has 4 heteroatoms. The summed E-state index contributed by atoms with van der Waals surface area (Å²) < 4.78 is 0. The van der Waals surface area contributed by atoms with Crippen molar-refractivity contribution in [1.82, 2.24) is 15.5 Å². The SMILES string of the molecule is CCN(CC)Cc1ccc(CNC(=O)NCCc2ccccc2)cc1. The third-order valence-electron chi connectivity index (χ3n) is 4.32. The van der Waals surface area contributed by atoms with E-state index in [1.165, 1.54) is 11.1 Å². The summed E-state index contributed by atoms with van der Waals surface area (Å²) in [5, 5.41) is 5.80. The maximum Gasteiger partial charge on any atom is 0.315 e. The smallest absolute Gasteiger partial charge is 0.315 e. The van der Waals surface area contributed by atoms with E-state index in [0.29, 0.717) is 13.1 Å². The molecule has 4 nitrogen and oxygen atoms in total. The number of hydrogen-bond acceptors (Lipinski definition) is 2. The van der Waals surface area contributed by atoms with Gasteiger partial charge >= 0.3 is 6.03 Å². The first kappa shape index (κ1) is 19.0. The standard InChI is InChI=1S/C21H29N3O/c1-3-24(4-2)17-20-12-10-19(11-13-20)16-23-21(25)22-15-14-18-8-6-5-7-9-18/h5-13H,3-4,14-17H2,1-2H3,(H2,22,23,25). The van der Waals surface area contributed by atoms with E-state index in [4.69, 9.17) is 0 Å². The molecule has 2 aromatic carbocycles. The molecule has 0 aliphatic rings. The van der Waals surface area contributed by atoms with Crippen molar-refractivity contribution in [2.75, 3.05) is 19.6 Å². The van der Waals surface area contributed by atoms with Gasteiger partial charge in [-0.25, -0.2) is 4.79 Å². The average molecular weight is 339 g/mol. The molecule has 0 fully saturated rings. The van der Waals surface area contributed by atoms with Crippen LogP contribution in [0.15, 0.2) is 54.6 Å². The minimum absolute atomic E-state index is 0.122. The van der Waals surface area contributed by atoms with Crippen LogP contribution in [0.5, 0.6) is 0 Å². The Labute approximate surface area is 151 Å². The largest absolute Gasteiger partial charge is 0.338 e. The number of urea groups is 1. The van der Waals surface area contributed by atoms with Crippen LogP contribution < -0.4 is 10.6 Å². The lowest BCUT2D eigenvalue weighted by molar-refractivity contribution is 0.240. The summed E-state index contributed by atoms with van der Waals surface area (Å²) >= 11 is 0. The summed E-state index contributed by atoms with van der Waals surface area (Å²) in [6.07, 6.45) is 0.842. The lowest BCUT2D eigenvalue weighted by atomic mass is 10.1. The lowest BCUT2D eigenvalue weighted by Crippen LogP contribution is -2.36. The Morgan fingerprint density at radius 3 is 2.12 bits per heavy atom. The molecule has 0 radical (unpaired) electrons. The Morgan fingerprint density at radius 2 is 1.48 bits per heavy atom. The Morgan fingerprint density at radius 1 is 0.840 bits per heavy atom. The van der Waals surface area contributed by atoms with Gasteiger partial charge in [0, 0.05) is 19.6 Å². The van der Waals surface area contributed by atoms with E-state index in [2.05, 4.69) is 65.8 Å². The van der Waals surface area contributed by atoms with Gasteiger partial charge in [-0.15, -0.1) is 0 Å². The molecule has 0 spiro atoms.